The first-order chi connectivity index (χ1) is 5.08. The van der Waals surface area contributed by atoms with Gasteiger partial charge in [0.2, 0.25) is 0 Å². The number of rotatable bonds is 5. The van der Waals surface area contributed by atoms with E-state index in [9.17, 15) is 8.42 Å². The first kappa shape index (κ1) is 9.00. The standard InChI is InChI=1S/C7H14O3S/c1-11(8,9)5-3-2-4-7-6-10-7/h7H,2-6H2,1H3. The number of epoxide rings is 1. The highest BCUT2D eigenvalue weighted by Crippen LogP contribution is 2.16. The fraction of sp³-hybridized carbons (Fsp3) is 1.00. The van der Waals surface area contributed by atoms with Gasteiger partial charge in [-0.3, -0.25) is 0 Å². The SMILES string of the molecule is CS(=O)(=O)CCCCC1CO1. The summed E-state index contributed by atoms with van der Waals surface area (Å²) >= 11 is 0. The Labute approximate surface area is 67.7 Å². The summed E-state index contributed by atoms with van der Waals surface area (Å²) in [7, 11) is -2.74. The maximum atomic E-state index is 10.7. The summed E-state index contributed by atoms with van der Waals surface area (Å²) in [5.74, 6) is 0.319. The van der Waals surface area contributed by atoms with Gasteiger partial charge in [0.1, 0.15) is 9.84 Å². The Hall–Kier alpha value is -0.0900. The second-order valence-corrected chi connectivity index (χ2v) is 5.34. The average molecular weight is 178 g/mol. The van der Waals surface area contributed by atoms with E-state index in [0.29, 0.717) is 11.9 Å². The molecule has 0 aliphatic carbocycles. The van der Waals surface area contributed by atoms with E-state index in [2.05, 4.69) is 0 Å². The van der Waals surface area contributed by atoms with E-state index >= 15 is 0 Å². The van der Waals surface area contributed by atoms with Crippen LogP contribution in [0.1, 0.15) is 19.3 Å². The largest absolute Gasteiger partial charge is 0.373 e. The predicted molar refractivity (Wildman–Crippen MR) is 43.3 cm³/mol. The highest BCUT2D eigenvalue weighted by Gasteiger charge is 2.21. The molecule has 0 bridgehead atoms. The minimum absolute atomic E-state index is 0.319. The third kappa shape index (κ3) is 5.21. The first-order valence-electron chi connectivity index (χ1n) is 3.87. The van der Waals surface area contributed by atoms with E-state index in [0.717, 1.165) is 25.9 Å². The van der Waals surface area contributed by atoms with Crippen molar-refractivity contribution in [1.29, 1.82) is 0 Å². The van der Waals surface area contributed by atoms with Crippen LogP contribution in [0.15, 0.2) is 0 Å². The lowest BCUT2D eigenvalue weighted by Crippen LogP contribution is -2.02. The third-order valence-electron chi connectivity index (χ3n) is 1.69. The fourth-order valence-corrected chi connectivity index (χ4v) is 1.70. The van der Waals surface area contributed by atoms with Crippen molar-refractivity contribution in [2.45, 2.75) is 25.4 Å². The molecule has 0 N–H and O–H groups in total. The van der Waals surface area contributed by atoms with Crippen molar-refractivity contribution < 1.29 is 13.2 Å². The smallest absolute Gasteiger partial charge is 0.147 e. The van der Waals surface area contributed by atoms with Gasteiger partial charge >= 0.3 is 0 Å². The summed E-state index contributed by atoms with van der Waals surface area (Å²) in [6.45, 7) is 0.874. The number of unbranched alkanes of at least 4 members (excludes halogenated alkanes) is 1. The molecule has 4 heteroatoms. The van der Waals surface area contributed by atoms with Crippen molar-refractivity contribution in [2.75, 3.05) is 18.6 Å². The molecule has 66 valence electrons. The molecule has 0 saturated carbocycles. The minimum Gasteiger partial charge on any atom is -0.373 e. The second kappa shape index (κ2) is 3.54. The lowest BCUT2D eigenvalue weighted by Gasteiger charge is -1.96. The van der Waals surface area contributed by atoms with E-state index in [1.54, 1.807) is 0 Å². The van der Waals surface area contributed by atoms with Crippen molar-refractivity contribution in [1.82, 2.24) is 0 Å². The maximum absolute atomic E-state index is 10.7. The van der Waals surface area contributed by atoms with Crippen LogP contribution in [-0.2, 0) is 14.6 Å². The zero-order chi connectivity index (χ0) is 8.32. The molecule has 1 saturated heterocycles. The van der Waals surface area contributed by atoms with Crippen LogP contribution in [-0.4, -0.2) is 33.1 Å². The predicted octanol–water partition coefficient (Wildman–Crippen LogP) is 0.600. The highest BCUT2D eigenvalue weighted by molar-refractivity contribution is 7.90. The third-order valence-corrected chi connectivity index (χ3v) is 2.72. The molecule has 0 aromatic rings. The topological polar surface area (TPSA) is 46.7 Å². The summed E-state index contributed by atoms with van der Waals surface area (Å²) in [5, 5.41) is 0. The van der Waals surface area contributed by atoms with Gasteiger partial charge in [-0.05, 0) is 19.3 Å². The van der Waals surface area contributed by atoms with E-state index in [1.165, 1.54) is 6.26 Å². The molecule has 1 heterocycles. The van der Waals surface area contributed by atoms with E-state index in [-0.39, 0.29) is 0 Å². The molecular formula is C7H14O3S. The van der Waals surface area contributed by atoms with Gasteiger partial charge in [-0.2, -0.15) is 0 Å². The Morgan fingerprint density at radius 2 is 2.09 bits per heavy atom. The zero-order valence-corrected chi connectivity index (χ0v) is 7.56. The van der Waals surface area contributed by atoms with Crippen LogP contribution < -0.4 is 0 Å². The highest BCUT2D eigenvalue weighted by atomic mass is 32.2. The van der Waals surface area contributed by atoms with Gasteiger partial charge in [-0.25, -0.2) is 8.42 Å². The lowest BCUT2D eigenvalue weighted by molar-refractivity contribution is 0.391. The molecule has 11 heavy (non-hydrogen) atoms. The number of sulfone groups is 1. The monoisotopic (exact) mass is 178 g/mol. The second-order valence-electron chi connectivity index (χ2n) is 3.08. The zero-order valence-electron chi connectivity index (χ0n) is 6.75. The molecular weight excluding hydrogens is 164 g/mol. The quantitative estimate of drug-likeness (QED) is 0.457. The Morgan fingerprint density at radius 1 is 1.45 bits per heavy atom. The molecule has 1 rings (SSSR count). The summed E-state index contributed by atoms with van der Waals surface area (Å²) in [6.07, 6.45) is 4.49. The van der Waals surface area contributed by atoms with Crippen molar-refractivity contribution >= 4 is 9.84 Å². The van der Waals surface area contributed by atoms with Gasteiger partial charge in [-0.1, -0.05) is 0 Å². The van der Waals surface area contributed by atoms with Crippen LogP contribution in [0.5, 0.6) is 0 Å². The molecule has 1 fully saturated rings. The molecule has 0 aromatic heterocycles. The lowest BCUT2D eigenvalue weighted by atomic mass is 10.2. The summed E-state index contributed by atoms with van der Waals surface area (Å²) < 4.78 is 26.3. The molecule has 1 aliphatic heterocycles. The van der Waals surface area contributed by atoms with Crippen LogP contribution in [0.3, 0.4) is 0 Å². The van der Waals surface area contributed by atoms with Gasteiger partial charge in [0.05, 0.1) is 12.7 Å². The van der Waals surface area contributed by atoms with Gasteiger partial charge in [0.25, 0.3) is 0 Å². The van der Waals surface area contributed by atoms with Crippen molar-refractivity contribution in [3.63, 3.8) is 0 Å². The summed E-state index contributed by atoms with van der Waals surface area (Å²) in [5.41, 5.74) is 0. The molecule has 3 nitrogen and oxygen atoms in total. The summed E-state index contributed by atoms with van der Waals surface area (Å²) in [6, 6.07) is 0. The molecule has 0 aromatic carbocycles. The molecule has 0 radical (unpaired) electrons. The van der Waals surface area contributed by atoms with Crippen LogP contribution in [0.25, 0.3) is 0 Å². The Balaban J connectivity index is 1.95. The average Bonchev–Trinajstić information content (AvgIpc) is 2.60. The number of hydrogen-bond acceptors (Lipinski definition) is 3. The normalized spacial score (nSPS) is 23.5. The molecule has 1 aliphatic rings. The van der Waals surface area contributed by atoms with Crippen LogP contribution in [0.2, 0.25) is 0 Å². The van der Waals surface area contributed by atoms with Gasteiger partial charge in [0.15, 0.2) is 0 Å². The van der Waals surface area contributed by atoms with E-state index in [4.69, 9.17) is 4.74 Å². The van der Waals surface area contributed by atoms with Crippen LogP contribution in [0.4, 0.5) is 0 Å². The van der Waals surface area contributed by atoms with Crippen molar-refractivity contribution in [3.8, 4) is 0 Å². The van der Waals surface area contributed by atoms with E-state index in [1.807, 2.05) is 0 Å². The Kier molecular flexibility index (Phi) is 2.90. The maximum Gasteiger partial charge on any atom is 0.147 e. The van der Waals surface area contributed by atoms with Crippen LogP contribution in [0, 0.1) is 0 Å². The molecule has 1 unspecified atom stereocenters. The fourth-order valence-electron chi connectivity index (χ4n) is 0.971. The Morgan fingerprint density at radius 3 is 2.55 bits per heavy atom. The first-order valence-corrected chi connectivity index (χ1v) is 5.93. The van der Waals surface area contributed by atoms with Crippen molar-refractivity contribution in [2.24, 2.45) is 0 Å². The van der Waals surface area contributed by atoms with Gasteiger partial charge < -0.3 is 4.74 Å². The van der Waals surface area contributed by atoms with Gasteiger partial charge in [-0.15, -0.1) is 0 Å². The van der Waals surface area contributed by atoms with E-state index < -0.39 is 9.84 Å². The molecule has 0 amide bonds. The number of ether oxygens (including phenoxy) is 1. The number of hydrogen-bond donors (Lipinski definition) is 0. The minimum atomic E-state index is -2.74. The Bertz CT molecular complexity index is 204. The molecule has 1 atom stereocenters. The van der Waals surface area contributed by atoms with Gasteiger partial charge in [0, 0.05) is 12.0 Å². The summed E-state index contributed by atoms with van der Waals surface area (Å²) in [4.78, 5) is 0. The molecule has 0 spiro atoms. The van der Waals surface area contributed by atoms with Crippen molar-refractivity contribution in [3.05, 3.63) is 0 Å². The van der Waals surface area contributed by atoms with Crippen LogP contribution >= 0.6 is 0 Å².